The van der Waals surface area contributed by atoms with E-state index < -0.39 is 0 Å². The molecular weight excluding hydrogens is 200 g/mol. The predicted octanol–water partition coefficient (Wildman–Crippen LogP) is 0.871. The predicted molar refractivity (Wildman–Crippen MR) is 62.7 cm³/mol. The van der Waals surface area contributed by atoms with Crippen molar-refractivity contribution < 1.29 is 9.28 Å². The number of piperidine rings is 2. The molecule has 4 bridgehead atoms. The Labute approximate surface area is 97.3 Å². The van der Waals surface area contributed by atoms with Gasteiger partial charge in [0, 0.05) is 13.1 Å². The topological polar surface area (TPSA) is 20.3 Å². The lowest BCUT2D eigenvalue weighted by molar-refractivity contribution is -0.958. The highest BCUT2D eigenvalue weighted by Gasteiger charge is 2.65. The molecule has 0 radical (unpaired) electrons. The van der Waals surface area contributed by atoms with Crippen molar-refractivity contribution in [2.45, 2.75) is 13.8 Å². The summed E-state index contributed by atoms with van der Waals surface area (Å²) >= 11 is 0. The highest BCUT2D eigenvalue weighted by atomic mass is 16.1. The van der Waals surface area contributed by atoms with E-state index in [1.54, 1.807) is 0 Å². The summed E-state index contributed by atoms with van der Waals surface area (Å²) in [6.07, 6.45) is 2.02. The molecule has 0 aromatic heterocycles. The first-order chi connectivity index (χ1) is 7.41. The van der Waals surface area contributed by atoms with Crippen molar-refractivity contribution in [1.29, 1.82) is 0 Å². The van der Waals surface area contributed by atoms with Gasteiger partial charge in [0.1, 0.15) is 6.67 Å². The highest BCUT2D eigenvalue weighted by Crippen LogP contribution is 2.49. The number of Topliss-reactive ketones (excluding diaryl/α,β-unsaturated/α-hetero) is 1. The molecule has 16 heavy (non-hydrogen) atoms. The molecule has 4 aliphatic rings. The second-order valence-corrected chi connectivity index (χ2v) is 6.71. The zero-order valence-corrected chi connectivity index (χ0v) is 10.3. The Balaban J connectivity index is 2.05. The Bertz CT molecular complexity index is 354. The van der Waals surface area contributed by atoms with Gasteiger partial charge < -0.3 is 4.48 Å². The maximum Gasteiger partial charge on any atom is 0.158 e. The summed E-state index contributed by atoms with van der Waals surface area (Å²) in [5, 5.41) is 0. The third-order valence-electron chi connectivity index (χ3n) is 4.63. The third kappa shape index (κ3) is 1.13. The quantitative estimate of drug-likeness (QED) is 0.509. The van der Waals surface area contributed by atoms with Gasteiger partial charge in [0.15, 0.2) is 5.78 Å². The molecule has 88 valence electrons. The molecule has 0 amide bonds. The van der Waals surface area contributed by atoms with Gasteiger partial charge in [-0.1, -0.05) is 6.58 Å². The normalized spacial score (nSPS) is 54.4. The summed E-state index contributed by atoms with van der Waals surface area (Å²) in [5.41, 5.74) is -0.209. The monoisotopic (exact) mass is 221 g/mol. The van der Waals surface area contributed by atoms with Crippen LogP contribution in [0.25, 0.3) is 0 Å². The van der Waals surface area contributed by atoms with Gasteiger partial charge in [-0.15, -0.1) is 0 Å². The van der Waals surface area contributed by atoms with Crippen molar-refractivity contribution in [3.05, 3.63) is 12.7 Å². The number of hydrogen-bond acceptors (Lipinski definition) is 2. The molecule has 4 aliphatic heterocycles. The lowest BCUT2D eigenvalue weighted by Gasteiger charge is -2.64. The molecule has 4 fully saturated rings. The fourth-order valence-electron chi connectivity index (χ4n) is 4.78. The van der Waals surface area contributed by atoms with Gasteiger partial charge in [-0.25, -0.2) is 0 Å². The van der Waals surface area contributed by atoms with Crippen molar-refractivity contribution in [3.8, 4) is 0 Å². The zero-order valence-electron chi connectivity index (χ0n) is 10.3. The van der Waals surface area contributed by atoms with E-state index in [-0.39, 0.29) is 10.8 Å². The van der Waals surface area contributed by atoms with Gasteiger partial charge in [-0.2, -0.15) is 0 Å². The maximum absolute atomic E-state index is 12.5. The van der Waals surface area contributed by atoms with Crippen LogP contribution in [0.5, 0.6) is 0 Å². The fraction of sp³-hybridized carbons (Fsp3) is 0.769. The van der Waals surface area contributed by atoms with Gasteiger partial charge in [-0.05, 0) is 19.9 Å². The highest BCUT2D eigenvalue weighted by molar-refractivity contribution is 5.92. The van der Waals surface area contributed by atoms with Crippen LogP contribution in [0.2, 0.25) is 0 Å². The molecule has 4 atom stereocenters. The lowest BCUT2D eigenvalue weighted by atomic mass is 9.62. The van der Waals surface area contributed by atoms with Gasteiger partial charge in [0.05, 0.1) is 30.5 Å². The van der Waals surface area contributed by atoms with E-state index in [0.29, 0.717) is 5.78 Å². The van der Waals surface area contributed by atoms with Crippen LogP contribution in [0.3, 0.4) is 0 Å². The van der Waals surface area contributed by atoms with Crippen LogP contribution in [0, 0.1) is 10.8 Å². The van der Waals surface area contributed by atoms with Crippen LogP contribution in [-0.4, -0.2) is 54.6 Å². The summed E-state index contributed by atoms with van der Waals surface area (Å²) in [6.45, 7) is 14.3. The Kier molecular flexibility index (Phi) is 1.81. The number of ketones is 1. The Morgan fingerprint density at radius 3 is 2.44 bits per heavy atom. The molecule has 0 N–H and O–H groups in total. The van der Waals surface area contributed by atoms with Crippen LogP contribution in [-0.2, 0) is 4.79 Å². The molecule has 4 saturated heterocycles. The SMILES string of the molecule is C=CC[N+]12CN3C[C@@](C)(C1)C(=O)[C@](C)(C3)C2. The van der Waals surface area contributed by atoms with Crippen LogP contribution >= 0.6 is 0 Å². The van der Waals surface area contributed by atoms with Crippen molar-refractivity contribution in [2.75, 3.05) is 39.4 Å². The van der Waals surface area contributed by atoms with Crippen LogP contribution in [0.1, 0.15) is 13.8 Å². The minimum Gasteiger partial charge on any atom is -0.306 e. The molecular formula is C13H21N2O+. The summed E-state index contributed by atoms with van der Waals surface area (Å²) in [6, 6.07) is 0. The van der Waals surface area contributed by atoms with E-state index in [0.717, 1.165) is 43.9 Å². The van der Waals surface area contributed by atoms with Crippen LogP contribution in [0.4, 0.5) is 0 Å². The number of hydrogen-bond donors (Lipinski definition) is 0. The fourth-order valence-corrected chi connectivity index (χ4v) is 4.78. The Morgan fingerprint density at radius 2 is 1.94 bits per heavy atom. The summed E-state index contributed by atoms with van der Waals surface area (Å²) in [5.74, 6) is 0.508. The van der Waals surface area contributed by atoms with Crippen molar-refractivity contribution in [1.82, 2.24) is 4.90 Å². The number of carbonyl (C=O) groups is 1. The van der Waals surface area contributed by atoms with Crippen molar-refractivity contribution in [3.63, 3.8) is 0 Å². The summed E-state index contributed by atoms with van der Waals surface area (Å²) < 4.78 is 1.06. The Hall–Kier alpha value is -0.670. The molecule has 0 aliphatic carbocycles. The van der Waals surface area contributed by atoms with Crippen molar-refractivity contribution >= 4 is 5.78 Å². The largest absolute Gasteiger partial charge is 0.306 e. The lowest BCUT2D eigenvalue weighted by Crippen LogP contribution is -2.81. The molecule has 0 aromatic rings. The van der Waals surface area contributed by atoms with Gasteiger partial charge >= 0.3 is 0 Å². The van der Waals surface area contributed by atoms with E-state index in [1.165, 1.54) is 0 Å². The summed E-state index contributed by atoms with van der Waals surface area (Å²) in [4.78, 5) is 15.0. The molecule has 2 unspecified atom stereocenters. The summed E-state index contributed by atoms with van der Waals surface area (Å²) in [7, 11) is 0. The average molecular weight is 221 g/mol. The maximum atomic E-state index is 12.5. The first-order valence-corrected chi connectivity index (χ1v) is 6.15. The van der Waals surface area contributed by atoms with E-state index >= 15 is 0 Å². The van der Waals surface area contributed by atoms with Gasteiger partial charge in [-0.3, -0.25) is 9.69 Å². The number of carbonyl (C=O) groups excluding carboxylic acids is 1. The molecule has 4 heterocycles. The second kappa shape index (κ2) is 2.77. The first-order valence-electron chi connectivity index (χ1n) is 6.15. The minimum atomic E-state index is -0.105. The molecule has 3 heteroatoms. The van der Waals surface area contributed by atoms with Crippen LogP contribution < -0.4 is 0 Å². The molecule has 0 aromatic carbocycles. The molecule has 0 saturated carbocycles. The van der Waals surface area contributed by atoms with Gasteiger partial charge in [0.25, 0.3) is 0 Å². The van der Waals surface area contributed by atoms with Crippen molar-refractivity contribution in [2.24, 2.45) is 10.8 Å². The minimum absolute atomic E-state index is 0.105. The van der Waals surface area contributed by atoms with E-state index in [2.05, 4.69) is 25.3 Å². The smallest absolute Gasteiger partial charge is 0.158 e. The van der Waals surface area contributed by atoms with E-state index in [1.807, 2.05) is 6.08 Å². The van der Waals surface area contributed by atoms with E-state index in [4.69, 9.17) is 0 Å². The number of nitrogens with zero attached hydrogens (tertiary/aromatic N) is 2. The standard InChI is InChI=1S/C13H21N2O/c1-4-5-15-8-12(2)6-14(10-15)7-13(3,9-15)11(12)16/h4H,1,5-10H2,2-3H3/q+1/t12-,13+,15?. The molecule has 3 nitrogen and oxygen atoms in total. The first kappa shape index (κ1) is 10.5. The third-order valence-corrected chi connectivity index (χ3v) is 4.63. The molecule has 0 spiro atoms. The van der Waals surface area contributed by atoms with Crippen LogP contribution in [0.15, 0.2) is 12.7 Å². The Morgan fingerprint density at radius 1 is 1.38 bits per heavy atom. The zero-order chi connectivity index (χ0) is 11.6. The van der Waals surface area contributed by atoms with E-state index in [9.17, 15) is 4.79 Å². The molecule has 4 rings (SSSR count). The van der Waals surface area contributed by atoms with Gasteiger partial charge in [0.2, 0.25) is 0 Å². The number of quaternary nitrogens is 1. The average Bonchev–Trinajstić information content (AvgIpc) is 2.12. The second-order valence-electron chi connectivity index (χ2n) is 6.71. The number of rotatable bonds is 2.